The van der Waals surface area contributed by atoms with Crippen molar-refractivity contribution in [3.63, 3.8) is 0 Å². The second-order valence-corrected chi connectivity index (χ2v) is 19.8. The molecule has 6 aromatic carbocycles. The van der Waals surface area contributed by atoms with E-state index in [1.165, 1.54) is 42.5 Å². The average Bonchev–Trinajstić information content (AvgIpc) is 4.26. The first-order valence-corrected chi connectivity index (χ1v) is 26.1. The molecule has 2 N–H and O–H groups in total. The number of nitrogens with one attached hydrogen (secondary N) is 2. The van der Waals surface area contributed by atoms with Crippen LogP contribution >= 0.6 is 22.7 Å². The fourth-order valence-corrected chi connectivity index (χ4v) is 11.0. The van der Waals surface area contributed by atoms with Gasteiger partial charge in [0.15, 0.2) is 0 Å². The molecule has 372 valence electrons. The maximum atomic E-state index is 12.3. The largest absolute Gasteiger partial charge is 0.489 e. The van der Waals surface area contributed by atoms with E-state index < -0.39 is 0 Å². The van der Waals surface area contributed by atoms with Crippen molar-refractivity contribution in [3.05, 3.63) is 226 Å². The number of carbonyl (C=O) groups excluding carboxylic acids is 2. The Labute approximate surface area is 437 Å². The first kappa shape index (κ1) is 49.3. The van der Waals surface area contributed by atoms with Crippen molar-refractivity contribution in [1.29, 1.82) is 0 Å². The summed E-state index contributed by atoms with van der Waals surface area (Å²) in [7, 11) is 2.81. The normalized spacial score (nSPS) is 13.0. The molecule has 0 amide bonds. The van der Waals surface area contributed by atoms with Gasteiger partial charge in [0, 0.05) is 34.7 Å². The Morgan fingerprint density at radius 1 is 0.527 bits per heavy atom. The van der Waals surface area contributed by atoms with Crippen LogP contribution in [0.3, 0.4) is 0 Å². The fourth-order valence-electron chi connectivity index (χ4n) is 8.89. The van der Waals surface area contributed by atoms with Crippen molar-refractivity contribution in [3.8, 4) is 45.5 Å². The molecule has 10 aromatic rings. The van der Waals surface area contributed by atoms with Crippen molar-refractivity contribution in [1.82, 2.24) is 9.97 Å². The lowest BCUT2D eigenvalue weighted by Gasteiger charge is -2.19. The van der Waals surface area contributed by atoms with Crippen LogP contribution in [-0.4, -0.2) is 36.1 Å². The lowest BCUT2D eigenvalue weighted by Crippen LogP contribution is -2.03. The highest BCUT2D eigenvalue weighted by molar-refractivity contribution is 7.21. The Bertz CT molecular complexity index is 3480. The number of fused-ring (bicyclic) bond motifs is 2. The van der Waals surface area contributed by atoms with E-state index in [0.717, 1.165) is 107 Å². The number of aromatic nitrogens is 2. The van der Waals surface area contributed by atoms with Crippen LogP contribution in [0.1, 0.15) is 72.3 Å². The topological polar surface area (TPSA) is 121 Å². The quantitative estimate of drug-likeness (QED) is 0.0683. The van der Waals surface area contributed by atoms with E-state index in [0.29, 0.717) is 36.2 Å². The fraction of sp³-hybridized carbons (Fsp3) is 0.161. The van der Waals surface area contributed by atoms with Crippen LogP contribution in [-0.2, 0) is 35.9 Å². The molecule has 74 heavy (non-hydrogen) atoms. The molecule has 11 rings (SSSR count). The monoisotopic (exact) mass is 1020 g/mol. The number of allylic oxidation sites excluding steroid dienone is 2. The molecule has 10 nitrogen and oxygen atoms in total. The van der Waals surface area contributed by atoms with Gasteiger partial charge >= 0.3 is 11.9 Å². The number of esters is 2. The Morgan fingerprint density at radius 2 is 1.01 bits per heavy atom. The van der Waals surface area contributed by atoms with Gasteiger partial charge in [-0.2, -0.15) is 0 Å². The molecule has 0 aliphatic heterocycles. The predicted octanol–water partition coefficient (Wildman–Crippen LogP) is 15.5. The number of hydrogen-bond acceptors (Lipinski definition) is 10. The van der Waals surface area contributed by atoms with Crippen molar-refractivity contribution >= 4 is 55.0 Å². The Kier molecular flexibility index (Phi) is 15.6. The summed E-state index contributed by atoms with van der Waals surface area (Å²) < 4.78 is 36.8. The number of benzene rings is 6. The molecule has 0 saturated carbocycles. The lowest BCUT2D eigenvalue weighted by atomic mass is 9.87. The zero-order valence-corrected chi connectivity index (χ0v) is 42.6. The number of aromatic amines is 2. The summed E-state index contributed by atoms with van der Waals surface area (Å²) in [5.74, 6) is 2.55. The van der Waals surface area contributed by atoms with Crippen LogP contribution in [0.2, 0.25) is 0 Å². The number of rotatable bonds is 17. The molecule has 1 unspecified atom stereocenters. The summed E-state index contributed by atoms with van der Waals surface area (Å²) >= 11 is 2.88. The predicted molar refractivity (Wildman–Crippen MR) is 295 cm³/mol. The molecular weight excluding hydrogens is 965 g/mol. The van der Waals surface area contributed by atoms with Crippen molar-refractivity contribution in [2.24, 2.45) is 0 Å². The number of thiophene rings is 2. The first-order valence-electron chi connectivity index (χ1n) is 24.5. The maximum absolute atomic E-state index is 12.3. The number of carbonyl (C=O) groups is 2. The number of hydrogen-bond donors (Lipinski definition) is 2. The minimum atomic E-state index is -0.331. The van der Waals surface area contributed by atoms with Crippen LogP contribution in [0, 0.1) is 0 Å². The molecule has 1 aliphatic rings. The molecule has 0 fully saturated rings. The van der Waals surface area contributed by atoms with Gasteiger partial charge in [0.1, 0.15) is 59.2 Å². The average molecular weight is 1020 g/mol. The number of H-pyrrole nitrogens is 2. The van der Waals surface area contributed by atoms with Gasteiger partial charge < -0.3 is 38.4 Å². The van der Waals surface area contributed by atoms with Gasteiger partial charge in [0.05, 0.1) is 46.0 Å². The zero-order valence-electron chi connectivity index (χ0n) is 41.0. The lowest BCUT2D eigenvalue weighted by molar-refractivity contribution is 0.0597. The minimum Gasteiger partial charge on any atom is -0.489 e. The molecule has 0 radical (unpaired) electrons. The summed E-state index contributed by atoms with van der Waals surface area (Å²) in [5, 5.41) is 0. The SMILES string of the molecule is COC(=O)c1cc2[nH]c(-c3ccc(OCc4ccccc4)cc3OCc3ccccc3)c(C3C=CCCC3)c2s1.COC(=O)c1cc2[nH]c(-c3ccc(OCc4ccccc4)cc3OCc3ccccc3)cc2s1. The van der Waals surface area contributed by atoms with Gasteiger partial charge in [-0.15, -0.1) is 22.7 Å². The van der Waals surface area contributed by atoms with E-state index in [1.807, 2.05) is 146 Å². The van der Waals surface area contributed by atoms with Crippen LogP contribution in [0.5, 0.6) is 23.0 Å². The summed E-state index contributed by atoms with van der Waals surface area (Å²) in [6, 6.07) is 58.1. The number of methoxy groups -OCH3 is 2. The maximum Gasteiger partial charge on any atom is 0.348 e. The van der Waals surface area contributed by atoms with Gasteiger partial charge in [0.25, 0.3) is 0 Å². The minimum absolute atomic E-state index is 0.248. The Balaban J connectivity index is 0.000000172. The summed E-state index contributed by atoms with van der Waals surface area (Å²) in [6.07, 6.45) is 7.84. The smallest absolute Gasteiger partial charge is 0.348 e. The molecule has 0 spiro atoms. The highest BCUT2D eigenvalue weighted by atomic mass is 32.1. The van der Waals surface area contributed by atoms with Crippen molar-refractivity contribution < 1.29 is 38.0 Å². The summed E-state index contributed by atoms with van der Waals surface area (Å²) in [5.41, 5.74) is 11.2. The van der Waals surface area contributed by atoms with Gasteiger partial charge in [-0.25, -0.2) is 9.59 Å². The van der Waals surface area contributed by atoms with E-state index in [1.54, 1.807) is 0 Å². The highest BCUT2D eigenvalue weighted by Crippen LogP contribution is 2.46. The summed E-state index contributed by atoms with van der Waals surface area (Å²) in [4.78, 5) is 32.4. The Hall–Kier alpha value is -8.32. The van der Waals surface area contributed by atoms with Crippen LogP contribution in [0.4, 0.5) is 0 Å². The molecule has 1 atom stereocenters. The standard InChI is InChI=1S/C34H31NO4S.C28H23NO4S/c1-37-34(36)30-20-28-33(40-30)31(25-15-9-4-10-16-25)32(35-28)27-18-17-26(38-21-23-11-5-2-6-12-23)19-29(27)39-22-24-13-7-3-8-14-24;1-31-28(30)27-16-24-26(34-27)15-23(29-24)22-13-12-21(32-17-19-8-4-2-5-9-19)14-25(22)33-18-20-10-6-3-7-11-20/h2-3,5-9,11-15,17-20,25,35H,4,10,16,21-22H2,1H3;2-16,29H,17-18H2,1H3. The zero-order chi connectivity index (χ0) is 50.6. The van der Waals surface area contributed by atoms with E-state index in [4.69, 9.17) is 28.4 Å². The molecule has 12 heteroatoms. The number of ether oxygens (including phenoxy) is 6. The van der Waals surface area contributed by atoms with E-state index >= 15 is 0 Å². The van der Waals surface area contributed by atoms with Crippen LogP contribution in [0.25, 0.3) is 42.9 Å². The third-order valence-corrected chi connectivity index (χ3v) is 14.9. The van der Waals surface area contributed by atoms with Gasteiger partial charge in [-0.1, -0.05) is 133 Å². The molecule has 0 bridgehead atoms. The molecule has 4 heterocycles. The van der Waals surface area contributed by atoms with Crippen LogP contribution in [0.15, 0.2) is 188 Å². The molecule has 1 aliphatic carbocycles. The van der Waals surface area contributed by atoms with Gasteiger partial charge in [0.2, 0.25) is 0 Å². The summed E-state index contributed by atoms with van der Waals surface area (Å²) in [6.45, 7) is 1.84. The third kappa shape index (κ3) is 11.8. The van der Waals surface area contributed by atoms with Crippen molar-refractivity contribution in [2.45, 2.75) is 51.6 Å². The van der Waals surface area contributed by atoms with E-state index in [2.05, 4.69) is 52.5 Å². The van der Waals surface area contributed by atoms with E-state index in [-0.39, 0.29) is 17.9 Å². The molecular formula is C62H54N2O8S2. The first-order chi connectivity index (χ1) is 36.4. The Morgan fingerprint density at radius 3 is 1.51 bits per heavy atom. The second kappa shape index (κ2) is 23.5. The van der Waals surface area contributed by atoms with E-state index in [9.17, 15) is 9.59 Å². The van der Waals surface area contributed by atoms with Gasteiger partial charge in [-0.05, 0) is 84.0 Å². The van der Waals surface area contributed by atoms with Crippen molar-refractivity contribution in [2.75, 3.05) is 14.2 Å². The second-order valence-electron chi connectivity index (χ2n) is 17.7. The third-order valence-electron chi connectivity index (χ3n) is 12.6. The van der Waals surface area contributed by atoms with Gasteiger partial charge in [-0.3, -0.25) is 0 Å². The molecule has 0 saturated heterocycles. The molecule has 4 aromatic heterocycles. The van der Waals surface area contributed by atoms with Crippen LogP contribution < -0.4 is 18.9 Å². The highest BCUT2D eigenvalue weighted by Gasteiger charge is 2.27.